The molecule has 1 amide bonds. The molecule has 0 bridgehead atoms. The lowest BCUT2D eigenvalue weighted by Gasteiger charge is -2.17. The van der Waals surface area contributed by atoms with Crippen molar-refractivity contribution in [3.63, 3.8) is 0 Å². The van der Waals surface area contributed by atoms with Gasteiger partial charge in [0.25, 0.3) is 5.91 Å². The molecule has 2 aromatic rings. The Morgan fingerprint density at radius 2 is 2.17 bits per heavy atom. The molecule has 1 aromatic carbocycles. The Balaban J connectivity index is 2.17. The molecule has 0 radical (unpaired) electrons. The van der Waals surface area contributed by atoms with Gasteiger partial charge in [-0.2, -0.15) is 0 Å². The first-order valence-corrected chi connectivity index (χ1v) is 6.57. The molecule has 0 aliphatic heterocycles. The van der Waals surface area contributed by atoms with Crippen LogP contribution in [0.25, 0.3) is 0 Å². The van der Waals surface area contributed by atoms with Gasteiger partial charge in [0.15, 0.2) is 0 Å². The minimum atomic E-state index is -0.395. The summed E-state index contributed by atoms with van der Waals surface area (Å²) in [5.74, 6) is -0.530. The molecule has 94 valence electrons. The lowest BCUT2D eigenvalue weighted by atomic mass is 10.2. The third kappa shape index (κ3) is 2.71. The van der Waals surface area contributed by atoms with E-state index in [4.69, 9.17) is 11.6 Å². The van der Waals surface area contributed by atoms with Gasteiger partial charge < -0.3 is 4.90 Å². The molecule has 5 heteroatoms. The molecule has 1 heterocycles. The van der Waals surface area contributed by atoms with Crippen molar-refractivity contribution >= 4 is 28.8 Å². The van der Waals surface area contributed by atoms with Gasteiger partial charge in [-0.3, -0.25) is 4.79 Å². The second-order valence-electron chi connectivity index (χ2n) is 3.84. The topological polar surface area (TPSA) is 20.3 Å². The van der Waals surface area contributed by atoms with Crippen molar-refractivity contribution in [3.8, 4) is 0 Å². The number of hydrogen-bond acceptors (Lipinski definition) is 2. The minimum Gasteiger partial charge on any atom is -0.337 e. The van der Waals surface area contributed by atoms with E-state index >= 15 is 0 Å². The largest absolute Gasteiger partial charge is 0.337 e. The third-order valence-electron chi connectivity index (χ3n) is 2.54. The average Bonchev–Trinajstić information content (AvgIpc) is 2.86. The highest BCUT2D eigenvalue weighted by Gasteiger charge is 2.16. The number of hydrogen-bond donors (Lipinski definition) is 0. The van der Waals surface area contributed by atoms with E-state index in [-0.39, 0.29) is 12.5 Å². The SMILES string of the molecule is CN(Cc1c(F)cccc1Cl)C(=O)c1cccs1. The number of thiophene rings is 1. The summed E-state index contributed by atoms with van der Waals surface area (Å²) in [7, 11) is 1.63. The highest BCUT2D eigenvalue weighted by atomic mass is 35.5. The van der Waals surface area contributed by atoms with Crippen molar-refractivity contribution in [1.29, 1.82) is 0 Å². The summed E-state index contributed by atoms with van der Waals surface area (Å²) in [5, 5.41) is 2.16. The Labute approximate surface area is 114 Å². The van der Waals surface area contributed by atoms with E-state index in [1.54, 1.807) is 25.2 Å². The lowest BCUT2D eigenvalue weighted by molar-refractivity contribution is 0.0788. The van der Waals surface area contributed by atoms with Gasteiger partial charge in [-0.05, 0) is 23.6 Å². The smallest absolute Gasteiger partial charge is 0.263 e. The molecular weight excluding hydrogens is 273 g/mol. The molecule has 0 aliphatic carbocycles. The van der Waals surface area contributed by atoms with Crippen LogP contribution in [0.1, 0.15) is 15.2 Å². The summed E-state index contributed by atoms with van der Waals surface area (Å²) < 4.78 is 13.6. The molecular formula is C13H11ClFNOS. The zero-order valence-corrected chi connectivity index (χ0v) is 11.3. The molecule has 1 aromatic heterocycles. The fraction of sp³-hybridized carbons (Fsp3) is 0.154. The number of halogens is 2. The minimum absolute atomic E-state index is 0.135. The fourth-order valence-electron chi connectivity index (χ4n) is 1.58. The van der Waals surface area contributed by atoms with Gasteiger partial charge in [0, 0.05) is 17.6 Å². The maximum atomic E-state index is 13.6. The maximum absolute atomic E-state index is 13.6. The third-order valence-corrected chi connectivity index (χ3v) is 3.75. The van der Waals surface area contributed by atoms with Gasteiger partial charge in [0.2, 0.25) is 0 Å². The number of benzene rings is 1. The van der Waals surface area contributed by atoms with Crippen LogP contribution in [0.2, 0.25) is 5.02 Å². The summed E-state index contributed by atoms with van der Waals surface area (Å²) >= 11 is 7.29. The average molecular weight is 284 g/mol. The first-order valence-electron chi connectivity index (χ1n) is 5.31. The summed E-state index contributed by atoms with van der Waals surface area (Å²) in [6.07, 6.45) is 0. The van der Waals surface area contributed by atoms with Gasteiger partial charge in [-0.15, -0.1) is 11.3 Å². The highest BCUT2D eigenvalue weighted by Crippen LogP contribution is 2.21. The molecule has 0 spiro atoms. The second kappa shape index (κ2) is 5.50. The molecule has 0 aliphatic rings. The van der Waals surface area contributed by atoms with Crippen LogP contribution in [-0.2, 0) is 6.54 Å². The fourth-order valence-corrected chi connectivity index (χ4v) is 2.52. The van der Waals surface area contributed by atoms with Crippen LogP contribution < -0.4 is 0 Å². The molecule has 0 saturated carbocycles. The standard InChI is InChI=1S/C13H11ClFNOS/c1-16(13(17)12-6-3-7-18-12)8-9-10(14)4-2-5-11(9)15/h2-7H,8H2,1H3. The summed E-state index contributed by atoms with van der Waals surface area (Å²) in [5.41, 5.74) is 0.339. The Morgan fingerprint density at radius 3 is 2.78 bits per heavy atom. The molecule has 2 rings (SSSR count). The summed E-state index contributed by atoms with van der Waals surface area (Å²) in [4.78, 5) is 14.1. The lowest BCUT2D eigenvalue weighted by Crippen LogP contribution is -2.26. The number of carbonyl (C=O) groups is 1. The number of rotatable bonds is 3. The molecule has 0 fully saturated rings. The first-order chi connectivity index (χ1) is 8.59. The molecule has 0 unspecified atom stereocenters. The van der Waals surface area contributed by atoms with E-state index in [9.17, 15) is 9.18 Å². The summed E-state index contributed by atoms with van der Waals surface area (Å²) in [6, 6.07) is 8.05. The van der Waals surface area contributed by atoms with E-state index in [0.29, 0.717) is 15.5 Å². The quantitative estimate of drug-likeness (QED) is 0.839. The van der Waals surface area contributed by atoms with Crippen molar-refractivity contribution in [2.45, 2.75) is 6.54 Å². The van der Waals surface area contributed by atoms with Gasteiger partial charge >= 0.3 is 0 Å². The number of carbonyl (C=O) groups excluding carboxylic acids is 1. The van der Waals surface area contributed by atoms with Crippen LogP contribution in [0.4, 0.5) is 4.39 Å². The normalized spacial score (nSPS) is 10.4. The van der Waals surface area contributed by atoms with E-state index in [1.165, 1.54) is 22.3 Å². The van der Waals surface area contributed by atoms with Crippen molar-refractivity contribution in [2.24, 2.45) is 0 Å². The molecule has 2 nitrogen and oxygen atoms in total. The zero-order valence-electron chi connectivity index (χ0n) is 9.69. The Hall–Kier alpha value is -1.39. The Morgan fingerprint density at radius 1 is 1.39 bits per heavy atom. The summed E-state index contributed by atoms with van der Waals surface area (Å²) in [6.45, 7) is 0.155. The number of amides is 1. The second-order valence-corrected chi connectivity index (χ2v) is 5.19. The van der Waals surface area contributed by atoms with Crippen molar-refractivity contribution in [3.05, 3.63) is 57.0 Å². The van der Waals surface area contributed by atoms with Crippen LogP contribution in [-0.4, -0.2) is 17.9 Å². The van der Waals surface area contributed by atoms with Crippen LogP contribution in [0, 0.1) is 5.82 Å². The Bertz CT molecular complexity index is 536. The monoisotopic (exact) mass is 283 g/mol. The van der Waals surface area contributed by atoms with Gasteiger partial charge in [-0.25, -0.2) is 4.39 Å². The van der Waals surface area contributed by atoms with Crippen molar-refractivity contribution in [2.75, 3.05) is 7.05 Å². The predicted molar refractivity (Wildman–Crippen MR) is 71.5 cm³/mol. The van der Waals surface area contributed by atoms with Crippen LogP contribution >= 0.6 is 22.9 Å². The van der Waals surface area contributed by atoms with E-state index in [1.807, 2.05) is 11.4 Å². The molecule has 0 N–H and O–H groups in total. The van der Waals surface area contributed by atoms with Gasteiger partial charge in [-0.1, -0.05) is 23.7 Å². The van der Waals surface area contributed by atoms with E-state index in [0.717, 1.165) is 0 Å². The zero-order chi connectivity index (χ0) is 13.1. The van der Waals surface area contributed by atoms with Crippen LogP contribution in [0.15, 0.2) is 35.7 Å². The highest BCUT2D eigenvalue weighted by molar-refractivity contribution is 7.12. The van der Waals surface area contributed by atoms with Crippen LogP contribution in [0.3, 0.4) is 0 Å². The first kappa shape index (κ1) is 13.1. The Kier molecular flexibility index (Phi) is 3.99. The van der Waals surface area contributed by atoms with Crippen LogP contribution in [0.5, 0.6) is 0 Å². The predicted octanol–water partition coefficient (Wildman–Crippen LogP) is 3.81. The molecule has 18 heavy (non-hydrogen) atoms. The maximum Gasteiger partial charge on any atom is 0.263 e. The van der Waals surface area contributed by atoms with Crippen molar-refractivity contribution in [1.82, 2.24) is 4.90 Å². The molecule has 0 atom stereocenters. The molecule has 0 saturated heterocycles. The van der Waals surface area contributed by atoms with E-state index in [2.05, 4.69) is 0 Å². The van der Waals surface area contributed by atoms with E-state index < -0.39 is 5.82 Å². The van der Waals surface area contributed by atoms with Gasteiger partial charge in [0.05, 0.1) is 11.4 Å². The number of nitrogens with zero attached hydrogens (tertiary/aromatic N) is 1. The van der Waals surface area contributed by atoms with Gasteiger partial charge in [0.1, 0.15) is 5.82 Å². The van der Waals surface area contributed by atoms with Crippen molar-refractivity contribution < 1.29 is 9.18 Å².